The van der Waals surface area contributed by atoms with E-state index in [9.17, 15) is 32.6 Å². The van der Waals surface area contributed by atoms with E-state index in [-0.39, 0.29) is 17.4 Å². The molecule has 39 heavy (non-hydrogen) atoms. The summed E-state index contributed by atoms with van der Waals surface area (Å²) in [4.78, 5) is 18.6. The van der Waals surface area contributed by atoms with Crippen LogP contribution in [0, 0.1) is 5.82 Å². The SMILES string of the molecule is O=C1[C@H](SC[C@H](O)c2ccc(F)cc2)[C@@H](c2ccc(O)cc2)N1c1ccc(-c2cncc(C(F)(F)F)c2)cc1. The van der Waals surface area contributed by atoms with Crippen molar-refractivity contribution in [3.05, 3.63) is 114 Å². The second-order valence-corrected chi connectivity index (χ2v) is 10.2. The fourth-order valence-electron chi connectivity index (χ4n) is 4.45. The average Bonchev–Trinajstić information content (AvgIpc) is 2.92. The summed E-state index contributed by atoms with van der Waals surface area (Å²) in [6.45, 7) is 0. The summed E-state index contributed by atoms with van der Waals surface area (Å²) in [5.74, 6) is -0.332. The van der Waals surface area contributed by atoms with Crippen molar-refractivity contribution in [3.63, 3.8) is 0 Å². The Hall–Kier alpha value is -3.89. The minimum absolute atomic E-state index is 0.0749. The number of aromatic nitrogens is 1. The first-order valence-corrected chi connectivity index (χ1v) is 13.0. The molecule has 1 aliphatic rings. The van der Waals surface area contributed by atoms with Crippen molar-refractivity contribution in [1.29, 1.82) is 0 Å². The number of phenols is 1. The van der Waals surface area contributed by atoms with Crippen LogP contribution in [-0.4, -0.2) is 32.1 Å². The largest absolute Gasteiger partial charge is 0.508 e. The fraction of sp³-hybridized carbons (Fsp3) is 0.172. The van der Waals surface area contributed by atoms with Gasteiger partial charge in [-0.1, -0.05) is 36.4 Å². The lowest BCUT2D eigenvalue weighted by Crippen LogP contribution is -2.57. The molecular weight excluding hydrogens is 532 g/mol. The number of rotatable bonds is 7. The zero-order valence-electron chi connectivity index (χ0n) is 20.2. The Morgan fingerprint density at radius 3 is 2.23 bits per heavy atom. The molecule has 5 rings (SSSR count). The monoisotopic (exact) mass is 554 g/mol. The molecule has 0 spiro atoms. The molecule has 0 saturated carbocycles. The van der Waals surface area contributed by atoms with Gasteiger partial charge in [0.05, 0.1) is 17.7 Å². The number of anilines is 1. The molecule has 1 aromatic heterocycles. The molecule has 1 amide bonds. The van der Waals surface area contributed by atoms with Gasteiger partial charge in [-0.2, -0.15) is 13.2 Å². The molecule has 3 aromatic carbocycles. The lowest BCUT2D eigenvalue weighted by molar-refractivity contribution is -0.137. The number of carbonyl (C=O) groups is 1. The highest BCUT2D eigenvalue weighted by atomic mass is 32.2. The molecule has 0 bridgehead atoms. The first kappa shape index (κ1) is 26.7. The number of hydrogen-bond acceptors (Lipinski definition) is 5. The predicted octanol–water partition coefficient (Wildman–Crippen LogP) is 6.54. The van der Waals surface area contributed by atoms with Gasteiger partial charge in [-0.15, -0.1) is 11.8 Å². The van der Waals surface area contributed by atoms with Crippen LogP contribution in [0.15, 0.2) is 91.3 Å². The summed E-state index contributed by atoms with van der Waals surface area (Å²) < 4.78 is 52.6. The van der Waals surface area contributed by atoms with Crippen LogP contribution < -0.4 is 4.90 Å². The molecule has 2 heterocycles. The van der Waals surface area contributed by atoms with E-state index in [1.165, 1.54) is 54.4 Å². The Kier molecular flexibility index (Phi) is 7.33. The van der Waals surface area contributed by atoms with Gasteiger partial charge >= 0.3 is 6.18 Å². The number of carbonyl (C=O) groups excluding carboxylic acids is 1. The van der Waals surface area contributed by atoms with Gasteiger partial charge < -0.3 is 15.1 Å². The molecule has 1 fully saturated rings. The van der Waals surface area contributed by atoms with E-state index in [0.29, 0.717) is 22.4 Å². The molecule has 10 heteroatoms. The average molecular weight is 555 g/mol. The molecule has 0 radical (unpaired) electrons. The van der Waals surface area contributed by atoms with Gasteiger partial charge in [-0.3, -0.25) is 9.78 Å². The Morgan fingerprint density at radius 2 is 1.59 bits per heavy atom. The van der Waals surface area contributed by atoms with E-state index in [1.54, 1.807) is 41.3 Å². The normalized spacial score (nSPS) is 18.1. The van der Waals surface area contributed by atoms with E-state index >= 15 is 0 Å². The van der Waals surface area contributed by atoms with Gasteiger partial charge in [-0.05, 0) is 59.2 Å². The quantitative estimate of drug-likeness (QED) is 0.201. The van der Waals surface area contributed by atoms with Crippen LogP contribution in [0.4, 0.5) is 23.2 Å². The van der Waals surface area contributed by atoms with Gasteiger partial charge in [-0.25, -0.2) is 4.39 Å². The smallest absolute Gasteiger partial charge is 0.417 e. The summed E-state index contributed by atoms with van der Waals surface area (Å²) in [7, 11) is 0. The number of aliphatic hydroxyl groups is 1. The number of aromatic hydroxyl groups is 1. The van der Waals surface area contributed by atoms with Crippen LogP contribution in [0.3, 0.4) is 0 Å². The van der Waals surface area contributed by atoms with Gasteiger partial charge in [0.1, 0.15) is 16.8 Å². The highest BCUT2D eigenvalue weighted by molar-refractivity contribution is 8.00. The van der Waals surface area contributed by atoms with Crippen molar-refractivity contribution in [2.75, 3.05) is 10.7 Å². The topological polar surface area (TPSA) is 73.7 Å². The number of halogens is 4. The number of hydrogen-bond donors (Lipinski definition) is 2. The number of nitrogens with zero attached hydrogens (tertiary/aromatic N) is 2. The van der Waals surface area contributed by atoms with Crippen LogP contribution >= 0.6 is 11.8 Å². The highest BCUT2D eigenvalue weighted by Gasteiger charge is 2.49. The molecule has 2 N–H and O–H groups in total. The lowest BCUT2D eigenvalue weighted by atomic mass is 9.92. The van der Waals surface area contributed by atoms with Crippen LogP contribution in [0.1, 0.15) is 28.8 Å². The molecule has 0 aliphatic carbocycles. The van der Waals surface area contributed by atoms with Gasteiger partial charge in [0.15, 0.2) is 0 Å². The number of thioether (sulfide) groups is 1. The van der Waals surface area contributed by atoms with E-state index in [2.05, 4.69) is 4.98 Å². The number of benzene rings is 3. The van der Waals surface area contributed by atoms with Crippen molar-refractivity contribution in [3.8, 4) is 16.9 Å². The zero-order valence-corrected chi connectivity index (χ0v) is 21.0. The van der Waals surface area contributed by atoms with Crippen molar-refractivity contribution in [1.82, 2.24) is 4.98 Å². The number of phenolic OH excluding ortho intramolecular Hbond substituents is 1. The molecule has 5 nitrogen and oxygen atoms in total. The molecule has 200 valence electrons. The first-order chi connectivity index (χ1) is 18.6. The van der Waals surface area contributed by atoms with Crippen molar-refractivity contribution < 1.29 is 32.6 Å². The second kappa shape index (κ2) is 10.7. The number of alkyl halides is 3. The lowest BCUT2D eigenvalue weighted by Gasteiger charge is -2.47. The number of aliphatic hydroxyl groups excluding tert-OH is 1. The Balaban J connectivity index is 1.38. The van der Waals surface area contributed by atoms with Crippen LogP contribution in [0.25, 0.3) is 11.1 Å². The first-order valence-electron chi connectivity index (χ1n) is 11.9. The van der Waals surface area contributed by atoms with Gasteiger partial charge in [0, 0.05) is 29.4 Å². The van der Waals surface area contributed by atoms with E-state index in [4.69, 9.17) is 0 Å². The van der Waals surface area contributed by atoms with Crippen LogP contribution in [-0.2, 0) is 11.0 Å². The summed E-state index contributed by atoms with van der Waals surface area (Å²) >= 11 is 1.28. The van der Waals surface area contributed by atoms with Crippen molar-refractivity contribution >= 4 is 23.4 Å². The predicted molar refractivity (Wildman–Crippen MR) is 141 cm³/mol. The Bertz CT molecular complexity index is 1460. The van der Waals surface area contributed by atoms with E-state index in [1.807, 2.05) is 0 Å². The minimum Gasteiger partial charge on any atom is -0.508 e. The van der Waals surface area contributed by atoms with E-state index < -0.39 is 35.0 Å². The summed E-state index contributed by atoms with van der Waals surface area (Å²) in [6.07, 6.45) is -3.30. The fourth-order valence-corrected chi connectivity index (χ4v) is 5.75. The summed E-state index contributed by atoms with van der Waals surface area (Å²) in [5.41, 5.74) is 1.82. The molecule has 1 aliphatic heterocycles. The van der Waals surface area contributed by atoms with Crippen molar-refractivity contribution in [2.24, 2.45) is 0 Å². The number of β-lactam (4-membered cyclic amide) rings is 1. The Labute approximate surface area is 225 Å². The molecular formula is C29H22F4N2O3S. The Morgan fingerprint density at radius 1 is 0.923 bits per heavy atom. The summed E-state index contributed by atoms with van der Waals surface area (Å²) in [6, 6.07) is 19.2. The van der Waals surface area contributed by atoms with Crippen LogP contribution in [0.2, 0.25) is 0 Å². The maximum Gasteiger partial charge on any atom is 0.417 e. The third-order valence-corrected chi connectivity index (χ3v) is 7.84. The highest BCUT2D eigenvalue weighted by Crippen LogP contribution is 2.46. The molecule has 3 atom stereocenters. The summed E-state index contributed by atoms with van der Waals surface area (Å²) in [5, 5.41) is 19.8. The van der Waals surface area contributed by atoms with E-state index in [0.717, 1.165) is 17.8 Å². The molecule has 0 unspecified atom stereocenters. The molecule has 4 aromatic rings. The third kappa shape index (κ3) is 5.62. The maximum atomic E-state index is 13.3. The second-order valence-electron chi connectivity index (χ2n) is 9.07. The standard InChI is InChI=1S/C29H22F4N2O3S/c30-22-7-1-18(2-8-22)25(37)16-39-27-26(19-5-11-24(36)12-6-19)35(28(27)38)23-9-3-17(4-10-23)20-13-21(15-34-14-20)29(31,32)33/h1-15,25-27,36-37H,16H2/t25-,26+,27+/m0/s1. The third-order valence-electron chi connectivity index (χ3n) is 6.51. The van der Waals surface area contributed by atoms with Gasteiger partial charge in [0.2, 0.25) is 5.91 Å². The minimum atomic E-state index is -4.51. The zero-order chi connectivity index (χ0) is 27.7. The van der Waals surface area contributed by atoms with Crippen molar-refractivity contribution in [2.45, 2.75) is 23.6 Å². The number of amides is 1. The van der Waals surface area contributed by atoms with Crippen LogP contribution in [0.5, 0.6) is 5.75 Å². The maximum absolute atomic E-state index is 13.3. The number of pyridine rings is 1. The molecule has 1 saturated heterocycles. The van der Waals surface area contributed by atoms with Gasteiger partial charge in [0.25, 0.3) is 0 Å².